The van der Waals surface area contributed by atoms with Crippen molar-refractivity contribution in [3.05, 3.63) is 29.8 Å². The van der Waals surface area contributed by atoms with Crippen molar-refractivity contribution in [3.63, 3.8) is 0 Å². The Morgan fingerprint density at radius 3 is 3.05 bits per heavy atom. The van der Waals surface area contributed by atoms with Gasteiger partial charge in [0.15, 0.2) is 0 Å². The van der Waals surface area contributed by atoms with Crippen LogP contribution in [-0.4, -0.2) is 32.7 Å². The average molecular weight is 262 g/mol. The number of carbonyl (C=O) groups excluding carboxylic acids is 1. The first-order valence-corrected chi connectivity index (χ1v) is 6.76. The van der Waals surface area contributed by atoms with Crippen LogP contribution in [-0.2, 0) is 11.2 Å². The lowest BCUT2D eigenvalue weighted by atomic mass is 9.89. The number of carbonyl (C=O) groups is 1. The molecule has 4 heteroatoms. The van der Waals surface area contributed by atoms with Gasteiger partial charge in [0.1, 0.15) is 5.75 Å². The molecule has 1 aromatic carbocycles. The van der Waals surface area contributed by atoms with E-state index in [1.54, 1.807) is 7.11 Å². The fraction of sp³-hybridized carbons (Fsp3) is 0.533. The van der Waals surface area contributed by atoms with E-state index in [1.807, 2.05) is 31.2 Å². The van der Waals surface area contributed by atoms with Crippen LogP contribution in [0, 0.1) is 5.41 Å². The van der Waals surface area contributed by atoms with E-state index in [-0.39, 0.29) is 11.3 Å². The van der Waals surface area contributed by atoms with Crippen molar-refractivity contribution in [1.29, 1.82) is 0 Å². The molecule has 1 aliphatic heterocycles. The molecule has 1 saturated heterocycles. The number of methoxy groups -OCH3 is 1. The van der Waals surface area contributed by atoms with Gasteiger partial charge in [0.05, 0.1) is 12.5 Å². The Kier molecular flexibility index (Phi) is 4.43. The molecule has 2 rings (SSSR count). The second kappa shape index (κ2) is 6.06. The highest BCUT2D eigenvalue weighted by atomic mass is 16.5. The van der Waals surface area contributed by atoms with E-state index in [1.165, 1.54) is 5.56 Å². The van der Waals surface area contributed by atoms with Gasteiger partial charge in [-0.1, -0.05) is 12.1 Å². The maximum Gasteiger partial charge on any atom is 0.227 e. The van der Waals surface area contributed by atoms with Crippen molar-refractivity contribution >= 4 is 5.91 Å². The van der Waals surface area contributed by atoms with E-state index in [9.17, 15) is 4.79 Å². The summed E-state index contributed by atoms with van der Waals surface area (Å²) in [4.78, 5) is 12.1. The predicted octanol–water partition coefficient (Wildman–Crippen LogP) is 1.35. The lowest BCUT2D eigenvalue weighted by Gasteiger charge is -2.21. The number of hydrogen-bond donors (Lipinski definition) is 2. The highest BCUT2D eigenvalue weighted by molar-refractivity contribution is 5.82. The minimum atomic E-state index is -0.242. The van der Waals surface area contributed by atoms with Crippen molar-refractivity contribution in [2.24, 2.45) is 5.41 Å². The highest BCUT2D eigenvalue weighted by Crippen LogP contribution is 2.24. The predicted molar refractivity (Wildman–Crippen MR) is 75.3 cm³/mol. The number of hydrogen-bond acceptors (Lipinski definition) is 3. The van der Waals surface area contributed by atoms with Crippen LogP contribution >= 0.6 is 0 Å². The second-order valence-corrected chi connectivity index (χ2v) is 5.34. The van der Waals surface area contributed by atoms with Gasteiger partial charge in [0, 0.05) is 13.1 Å². The summed E-state index contributed by atoms with van der Waals surface area (Å²) in [6, 6.07) is 7.95. The number of nitrogens with one attached hydrogen (secondary N) is 2. The molecular formula is C15H22N2O2. The van der Waals surface area contributed by atoms with Gasteiger partial charge in [-0.15, -0.1) is 0 Å². The maximum atomic E-state index is 12.1. The van der Waals surface area contributed by atoms with Crippen molar-refractivity contribution in [2.75, 3.05) is 26.7 Å². The van der Waals surface area contributed by atoms with Gasteiger partial charge in [-0.05, 0) is 44.0 Å². The first kappa shape index (κ1) is 13.9. The lowest BCUT2D eigenvalue weighted by molar-refractivity contribution is -0.129. The maximum absolute atomic E-state index is 12.1. The van der Waals surface area contributed by atoms with Crippen LogP contribution in [0.5, 0.6) is 5.75 Å². The zero-order chi connectivity index (χ0) is 13.7. The Hall–Kier alpha value is -1.55. The van der Waals surface area contributed by atoms with Gasteiger partial charge < -0.3 is 15.4 Å². The largest absolute Gasteiger partial charge is 0.497 e. The molecule has 0 spiro atoms. The molecule has 0 saturated carbocycles. The van der Waals surface area contributed by atoms with Gasteiger partial charge in [0.2, 0.25) is 5.91 Å². The first-order valence-electron chi connectivity index (χ1n) is 6.76. The van der Waals surface area contributed by atoms with Crippen LogP contribution in [0.25, 0.3) is 0 Å². The van der Waals surface area contributed by atoms with Gasteiger partial charge >= 0.3 is 0 Å². The average Bonchev–Trinajstić information content (AvgIpc) is 2.87. The monoisotopic (exact) mass is 262 g/mol. The highest BCUT2D eigenvalue weighted by Gasteiger charge is 2.35. The first-order chi connectivity index (χ1) is 9.14. The topological polar surface area (TPSA) is 50.4 Å². The van der Waals surface area contributed by atoms with Crippen LogP contribution in [0.2, 0.25) is 0 Å². The molecule has 104 valence electrons. The molecule has 0 bridgehead atoms. The zero-order valence-electron chi connectivity index (χ0n) is 11.7. The number of rotatable bonds is 5. The van der Waals surface area contributed by atoms with Crippen LogP contribution in [0.1, 0.15) is 18.9 Å². The Bertz CT molecular complexity index is 440. The molecule has 0 aromatic heterocycles. The Balaban J connectivity index is 1.81. The molecule has 2 N–H and O–H groups in total. The third-order valence-corrected chi connectivity index (χ3v) is 3.75. The third kappa shape index (κ3) is 3.47. The molecule has 1 aromatic rings. The number of benzene rings is 1. The molecule has 1 amide bonds. The van der Waals surface area contributed by atoms with Crippen LogP contribution in [0.3, 0.4) is 0 Å². The standard InChI is InChI=1S/C15H22N2O2/c1-15(7-9-16-11-15)14(18)17-8-6-12-4-3-5-13(10-12)19-2/h3-5,10,16H,6-9,11H2,1-2H3,(H,17,18). The van der Waals surface area contributed by atoms with E-state index in [0.717, 1.165) is 31.7 Å². The SMILES string of the molecule is COc1cccc(CCNC(=O)C2(C)CCNC2)c1. The Morgan fingerprint density at radius 2 is 2.37 bits per heavy atom. The van der Waals surface area contributed by atoms with E-state index in [0.29, 0.717) is 6.54 Å². The fourth-order valence-electron chi connectivity index (χ4n) is 2.37. The van der Waals surface area contributed by atoms with Gasteiger partial charge in [-0.2, -0.15) is 0 Å². The second-order valence-electron chi connectivity index (χ2n) is 5.34. The third-order valence-electron chi connectivity index (χ3n) is 3.75. The van der Waals surface area contributed by atoms with E-state index in [4.69, 9.17) is 4.74 Å². The van der Waals surface area contributed by atoms with Crippen LogP contribution < -0.4 is 15.4 Å². The van der Waals surface area contributed by atoms with Gasteiger partial charge in [-0.25, -0.2) is 0 Å². The summed E-state index contributed by atoms with van der Waals surface area (Å²) in [5, 5.41) is 6.27. The van der Waals surface area contributed by atoms with E-state index in [2.05, 4.69) is 10.6 Å². The van der Waals surface area contributed by atoms with Gasteiger partial charge in [-0.3, -0.25) is 4.79 Å². The molecule has 1 unspecified atom stereocenters. The van der Waals surface area contributed by atoms with Gasteiger partial charge in [0.25, 0.3) is 0 Å². The quantitative estimate of drug-likeness (QED) is 0.842. The minimum Gasteiger partial charge on any atom is -0.497 e. The summed E-state index contributed by atoms with van der Waals surface area (Å²) in [7, 11) is 1.66. The fourth-order valence-corrected chi connectivity index (χ4v) is 2.37. The molecule has 1 heterocycles. The molecule has 1 aliphatic rings. The van der Waals surface area contributed by atoms with E-state index >= 15 is 0 Å². The molecule has 1 atom stereocenters. The molecule has 4 nitrogen and oxygen atoms in total. The molecule has 1 fully saturated rings. The molecule has 0 radical (unpaired) electrons. The Labute approximate surface area is 114 Å². The van der Waals surface area contributed by atoms with Crippen LogP contribution in [0.15, 0.2) is 24.3 Å². The Morgan fingerprint density at radius 1 is 1.53 bits per heavy atom. The van der Waals surface area contributed by atoms with Crippen LogP contribution in [0.4, 0.5) is 0 Å². The molecule has 19 heavy (non-hydrogen) atoms. The van der Waals surface area contributed by atoms with Crippen molar-refractivity contribution in [1.82, 2.24) is 10.6 Å². The molecular weight excluding hydrogens is 240 g/mol. The number of amides is 1. The summed E-state index contributed by atoms with van der Waals surface area (Å²) in [6.07, 6.45) is 1.74. The summed E-state index contributed by atoms with van der Waals surface area (Å²) >= 11 is 0. The van der Waals surface area contributed by atoms with Crippen molar-refractivity contribution in [3.8, 4) is 5.75 Å². The van der Waals surface area contributed by atoms with Crippen molar-refractivity contribution < 1.29 is 9.53 Å². The van der Waals surface area contributed by atoms with E-state index < -0.39 is 0 Å². The lowest BCUT2D eigenvalue weighted by Crippen LogP contribution is -2.41. The molecule has 0 aliphatic carbocycles. The normalized spacial score (nSPS) is 22.2. The summed E-state index contributed by atoms with van der Waals surface area (Å²) in [5.41, 5.74) is 0.934. The van der Waals surface area contributed by atoms with Crippen molar-refractivity contribution in [2.45, 2.75) is 19.8 Å². The summed E-state index contributed by atoms with van der Waals surface area (Å²) in [5.74, 6) is 1.01. The zero-order valence-corrected chi connectivity index (χ0v) is 11.7. The number of ether oxygens (including phenoxy) is 1. The minimum absolute atomic E-state index is 0.153. The summed E-state index contributed by atoms with van der Waals surface area (Å²) in [6.45, 7) is 4.40. The summed E-state index contributed by atoms with van der Waals surface area (Å²) < 4.78 is 5.18. The smallest absolute Gasteiger partial charge is 0.227 e.